The highest BCUT2D eigenvalue weighted by molar-refractivity contribution is 5.21. The zero-order valence-corrected chi connectivity index (χ0v) is 11.1. The first-order valence-corrected chi connectivity index (χ1v) is 6.29. The highest BCUT2D eigenvalue weighted by atomic mass is 16.5. The number of methoxy groups -OCH3 is 1. The Morgan fingerprint density at radius 3 is 2.89 bits per heavy atom. The van der Waals surface area contributed by atoms with E-state index in [0.717, 1.165) is 30.4 Å². The number of hydrogen-bond donors (Lipinski definition) is 2. The molecule has 0 saturated heterocycles. The van der Waals surface area contributed by atoms with Crippen LogP contribution in [0.4, 0.5) is 0 Å². The predicted molar refractivity (Wildman–Crippen MR) is 72.9 cm³/mol. The van der Waals surface area contributed by atoms with Crippen LogP contribution in [0.25, 0.3) is 0 Å². The average Bonchev–Trinajstić information content (AvgIpc) is 2.91. The molecule has 2 rings (SSSR count). The van der Waals surface area contributed by atoms with Gasteiger partial charge in [0.15, 0.2) is 0 Å². The Balaban J connectivity index is 1.74. The number of para-hydroxylation sites is 1. The van der Waals surface area contributed by atoms with Crippen LogP contribution in [0.15, 0.2) is 36.5 Å². The number of H-pyrrole nitrogens is 1. The molecule has 102 valence electrons. The fourth-order valence-corrected chi connectivity index (χ4v) is 1.63. The largest absolute Gasteiger partial charge is 0.486 e. The van der Waals surface area contributed by atoms with Crippen molar-refractivity contribution in [1.29, 1.82) is 0 Å². The summed E-state index contributed by atoms with van der Waals surface area (Å²) in [4.78, 5) is 7.50. The summed E-state index contributed by atoms with van der Waals surface area (Å²) >= 11 is 0. The van der Waals surface area contributed by atoms with E-state index in [4.69, 9.17) is 9.47 Å². The van der Waals surface area contributed by atoms with Crippen LogP contribution in [-0.2, 0) is 17.9 Å². The van der Waals surface area contributed by atoms with Crippen LogP contribution < -0.4 is 10.1 Å². The second-order valence-corrected chi connectivity index (χ2v) is 4.13. The molecule has 0 aliphatic heterocycles. The van der Waals surface area contributed by atoms with Gasteiger partial charge in [0.05, 0.1) is 6.61 Å². The molecule has 2 N–H and O–H groups in total. The Hall–Kier alpha value is -1.85. The molecule has 0 atom stereocenters. The number of imidazole rings is 1. The molecule has 5 nitrogen and oxygen atoms in total. The third-order valence-corrected chi connectivity index (χ3v) is 2.60. The summed E-state index contributed by atoms with van der Waals surface area (Å²) in [6, 6.07) is 9.71. The predicted octanol–water partition coefficient (Wildman–Crippen LogP) is 1.72. The standard InChI is InChI=1S/C14H19N3O2/c1-18-8-7-15-9-12-10-16-14(17-12)11-19-13-5-3-2-4-6-13/h2-6,10,15H,7-9,11H2,1H3,(H,16,17). The van der Waals surface area contributed by atoms with Crippen molar-refractivity contribution >= 4 is 0 Å². The molecule has 0 amide bonds. The normalized spacial score (nSPS) is 10.6. The van der Waals surface area contributed by atoms with Gasteiger partial charge in [-0.25, -0.2) is 4.98 Å². The molecule has 2 aromatic rings. The van der Waals surface area contributed by atoms with Crippen molar-refractivity contribution in [3.63, 3.8) is 0 Å². The molecule has 0 spiro atoms. The van der Waals surface area contributed by atoms with Gasteiger partial charge in [0.2, 0.25) is 0 Å². The Labute approximate surface area is 113 Å². The lowest BCUT2D eigenvalue weighted by Crippen LogP contribution is -2.18. The van der Waals surface area contributed by atoms with Crippen LogP contribution in [0.2, 0.25) is 0 Å². The zero-order valence-electron chi connectivity index (χ0n) is 11.1. The van der Waals surface area contributed by atoms with E-state index in [9.17, 15) is 0 Å². The van der Waals surface area contributed by atoms with Crippen LogP contribution in [0.5, 0.6) is 5.75 Å². The van der Waals surface area contributed by atoms with Crippen molar-refractivity contribution < 1.29 is 9.47 Å². The van der Waals surface area contributed by atoms with Crippen LogP contribution in [-0.4, -0.2) is 30.2 Å². The molecular formula is C14H19N3O2. The number of aromatic amines is 1. The highest BCUT2D eigenvalue weighted by Crippen LogP contribution is 2.10. The van der Waals surface area contributed by atoms with Gasteiger partial charge in [-0.2, -0.15) is 0 Å². The van der Waals surface area contributed by atoms with E-state index in [-0.39, 0.29) is 0 Å². The SMILES string of the molecule is COCCNCc1cnc(COc2ccccc2)[nH]1. The Morgan fingerprint density at radius 1 is 1.26 bits per heavy atom. The Kier molecular flexibility index (Phi) is 5.40. The van der Waals surface area contributed by atoms with Crippen molar-refractivity contribution in [2.45, 2.75) is 13.2 Å². The minimum Gasteiger partial charge on any atom is -0.486 e. The van der Waals surface area contributed by atoms with E-state index >= 15 is 0 Å². The van der Waals surface area contributed by atoms with E-state index in [1.54, 1.807) is 7.11 Å². The van der Waals surface area contributed by atoms with E-state index in [0.29, 0.717) is 13.2 Å². The van der Waals surface area contributed by atoms with Gasteiger partial charge in [0, 0.05) is 32.1 Å². The average molecular weight is 261 g/mol. The summed E-state index contributed by atoms with van der Waals surface area (Å²) in [5.41, 5.74) is 1.04. The molecule has 0 fully saturated rings. The first-order valence-electron chi connectivity index (χ1n) is 6.29. The van der Waals surface area contributed by atoms with Gasteiger partial charge in [-0.15, -0.1) is 0 Å². The quantitative estimate of drug-likeness (QED) is 0.710. The number of aromatic nitrogens is 2. The maximum Gasteiger partial charge on any atom is 0.146 e. The zero-order chi connectivity index (χ0) is 13.3. The van der Waals surface area contributed by atoms with Gasteiger partial charge in [0.25, 0.3) is 0 Å². The topological polar surface area (TPSA) is 59.2 Å². The fraction of sp³-hybridized carbons (Fsp3) is 0.357. The lowest BCUT2D eigenvalue weighted by Gasteiger charge is -2.03. The van der Waals surface area contributed by atoms with Gasteiger partial charge in [-0.3, -0.25) is 0 Å². The molecule has 1 aromatic carbocycles. The number of ether oxygens (including phenoxy) is 2. The second kappa shape index (κ2) is 7.56. The summed E-state index contributed by atoms with van der Waals surface area (Å²) < 4.78 is 10.6. The molecule has 0 radical (unpaired) electrons. The van der Waals surface area contributed by atoms with Gasteiger partial charge < -0.3 is 19.8 Å². The van der Waals surface area contributed by atoms with Crippen LogP contribution in [0.1, 0.15) is 11.5 Å². The first-order chi connectivity index (χ1) is 9.38. The van der Waals surface area contributed by atoms with Gasteiger partial charge in [-0.05, 0) is 12.1 Å². The molecule has 0 aliphatic rings. The fourth-order valence-electron chi connectivity index (χ4n) is 1.63. The number of benzene rings is 1. The molecule has 5 heteroatoms. The van der Waals surface area contributed by atoms with Crippen molar-refractivity contribution in [3.8, 4) is 5.75 Å². The van der Waals surface area contributed by atoms with E-state index in [2.05, 4.69) is 15.3 Å². The summed E-state index contributed by atoms with van der Waals surface area (Å²) in [6.45, 7) is 2.73. The van der Waals surface area contributed by atoms with E-state index in [1.165, 1.54) is 0 Å². The third-order valence-electron chi connectivity index (χ3n) is 2.60. The van der Waals surface area contributed by atoms with Gasteiger partial charge in [-0.1, -0.05) is 18.2 Å². The number of nitrogens with zero attached hydrogens (tertiary/aromatic N) is 1. The third kappa shape index (κ3) is 4.73. The molecule has 0 aliphatic carbocycles. The van der Waals surface area contributed by atoms with Crippen molar-refractivity contribution in [2.75, 3.05) is 20.3 Å². The maximum atomic E-state index is 5.61. The second-order valence-electron chi connectivity index (χ2n) is 4.13. The number of hydrogen-bond acceptors (Lipinski definition) is 4. The van der Waals surface area contributed by atoms with Crippen molar-refractivity contribution in [3.05, 3.63) is 48.0 Å². The van der Waals surface area contributed by atoms with Crippen LogP contribution >= 0.6 is 0 Å². The number of nitrogens with one attached hydrogen (secondary N) is 2. The van der Waals surface area contributed by atoms with Crippen molar-refractivity contribution in [1.82, 2.24) is 15.3 Å². The Morgan fingerprint density at radius 2 is 2.11 bits per heavy atom. The molecule has 19 heavy (non-hydrogen) atoms. The van der Waals surface area contributed by atoms with E-state index < -0.39 is 0 Å². The molecule has 0 unspecified atom stereocenters. The lowest BCUT2D eigenvalue weighted by atomic mass is 10.3. The summed E-state index contributed by atoms with van der Waals surface area (Å²) in [6.07, 6.45) is 1.82. The first kappa shape index (κ1) is 13.6. The molecule has 0 saturated carbocycles. The summed E-state index contributed by atoms with van der Waals surface area (Å²) in [5.74, 6) is 1.67. The van der Waals surface area contributed by atoms with Crippen LogP contribution in [0, 0.1) is 0 Å². The summed E-state index contributed by atoms with van der Waals surface area (Å²) in [7, 11) is 1.69. The minimum atomic E-state index is 0.447. The van der Waals surface area contributed by atoms with Gasteiger partial charge >= 0.3 is 0 Å². The minimum absolute atomic E-state index is 0.447. The molecule has 1 heterocycles. The lowest BCUT2D eigenvalue weighted by molar-refractivity contribution is 0.199. The van der Waals surface area contributed by atoms with Crippen molar-refractivity contribution in [2.24, 2.45) is 0 Å². The molecular weight excluding hydrogens is 242 g/mol. The summed E-state index contributed by atoms with van der Waals surface area (Å²) in [5, 5.41) is 3.25. The number of rotatable bonds is 8. The van der Waals surface area contributed by atoms with Gasteiger partial charge in [0.1, 0.15) is 18.2 Å². The monoisotopic (exact) mass is 261 g/mol. The molecule has 0 bridgehead atoms. The Bertz CT molecular complexity index is 471. The maximum absolute atomic E-state index is 5.61. The highest BCUT2D eigenvalue weighted by Gasteiger charge is 2.01. The molecule has 1 aromatic heterocycles. The van der Waals surface area contributed by atoms with Crippen LogP contribution in [0.3, 0.4) is 0 Å². The smallest absolute Gasteiger partial charge is 0.146 e. The van der Waals surface area contributed by atoms with E-state index in [1.807, 2.05) is 36.5 Å².